The van der Waals surface area contributed by atoms with Crippen molar-refractivity contribution >= 4 is 5.96 Å². The van der Waals surface area contributed by atoms with E-state index in [9.17, 15) is 0 Å². The highest BCUT2D eigenvalue weighted by molar-refractivity contribution is 5.79. The van der Waals surface area contributed by atoms with E-state index in [0.29, 0.717) is 18.6 Å². The number of rotatable bonds is 8. The van der Waals surface area contributed by atoms with Crippen LogP contribution in [0.25, 0.3) is 0 Å². The zero-order chi connectivity index (χ0) is 17.2. The second-order valence-electron chi connectivity index (χ2n) is 6.52. The summed E-state index contributed by atoms with van der Waals surface area (Å²) in [4.78, 5) is 4.69. The number of benzene rings is 1. The fourth-order valence-corrected chi connectivity index (χ4v) is 2.55. The van der Waals surface area contributed by atoms with Crippen molar-refractivity contribution in [2.45, 2.75) is 46.3 Å². The molecule has 0 amide bonds. The summed E-state index contributed by atoms with van der Waals surface area (Å²) >= 11 is 0. The number of ether oxygens (including phenoxy) is 2. The van der Waals surface area contributed by atoms with Gasteiger partial charge < -0.3 is 20.1 Å². The molecule has 0 bridgehead atoms. The molecule has 24 heavy (non-hydrogen) atoms. The van der Waals surface area contributed by atoms with Crippen LogP contribution in [0.2, 0.25) is 0 Å². The highest BCUT2D eigenvalue weighted by Gasteiger charge is 2.15. The zero-order valence-electron chi connectivity index (χ0n) is 15.2. The van der Waals surface area contributed by atoms with Crippen molar-refractivity contribution in [3.63, 3.8) is 0 Å². The maximum absolute atomic E-state index is 5.90. The van der Waals surface area contributed by atoms with E-state index in [-0.39, 0.29) is 0 Å². The first kappa shape index (κ1) is 18.6. The lowest BCUT2D eigenvalue weighted by Gasteiger charge is -2.15. The van der Waals surface area contributed by atoms with E-state index < -0.39 is 0 Å². The van der Waals surface area contributed by atoms with E-state index in [1.165, 1.54) is 0 Å². The summed E-state index contributed by atoms with van der Waals surface area (Å²) in [5, 5.41) is 6.66. The minimum atomic E-state index is 0.301. The van der Waals surface area contributed by atoms with Gasteiger partial charge in [0.05, 0.1) is 19.3 Å². The number of hydrogen-bond donors (Lipinski definition) is 2. The van der Waals surface area contributed by atoms with Gasteiger partial charge in [-0.1, -0.05) is 32.0 Å². The minimum absolute atomic E-state index is 0.301. The van der Waals surface area contributed by atoms with Gasteiger partial charge in [-0.15, -0.1) is 0 Å². The van der Waals surface area contributed by atoms with Crippen LogP contribution in [0, 0.1) is 5.92 Å². The maximum Gasteiger partial charge on any atom is 0.191 e. The van der Waals surface area contributed by atoms with Crippen LogP contribution in [0.4, 0.5) is 0 Å². The monoisotopic (exact) mass is 333 g/mol. The summed E-state index contributed by atoms with van der Waals surface area (Å²) in [5.41, 5.74) is 1.10. The summed E-state index contributed by atoms with van der Waals surface area (Å²) in [6.45, 7) is 10.2. The number of hydrogen-bond acceptors (Lipinski definition) is 3. The molecular weight excluding hydrogens is 302 g/mol. The Labute approximate surface area is 145 Å². The smallest absolute Gasteiger partial charge is 0.191 e. The summed E-state index contributed by atoms with van der Waals surface area (Å²) in [6, 6.07) is 8.12. The largest absolute Gasteiger partial charge is 0.493 e. The Morgan fingerprint density at radius 1 is 1.33 bits per heavy atom. The quantitative estimate of drug-likeness (QED) is 0.567. The fraction of sp³-hybridized carbons (Fsp3) is 0.632. The third-order valence-electron chi connectivity index (χ3n) is 3.82. The molecule has 0 spiro atoms. The zero-order valence-corrected chi connectivity index (χ0v) is 15.2. The minimum Gasteiger partial charge on any atom is -0.493 e. The molecule has 134 valence electrons. The Hall–Kier alpha value is -1.75. The van der Waals surface area contributed by atoms with Crippen LogP contribution in [0.3, 0.4) is 0 Å². The Morgan fingerprint density at radius 2 is 2.17 bits per heavy atom. The maximum atomic E-state index is 5.90. The number of nitrogens with zero attached hydrogens (tertiary/aromatic N) is 1. The van der Waals surface area contributed by atoms with Crippen molar-refractivity contribution in [2.24, 2.45) is 10.9 Å². The molecule has 1 aromatic rings. The molecule has 1 fully saturated rings. The molecule has 1 atom stereocenters. The summed E-state index contributed by atoms with van der Waals surface area (Å²) in [5.74, 6) is 2.25. The van der Waals surface area contributed by atoms with Gasteiger partial charge in [0.1, 0.15) is 5.75 Å². The molecule has 2 rings (SSSR count). The number of aliphatic imine (C=N–C) groups is 1. The molecule has 5 heteroatoms. The van der Waals surface area contributed by atoms with Crippen molar-refractivity contribution < 1.29 is 9.47 Å². The van der Waals surface area contributed by atoms with Gasteiger partial charge >= 0.3 is 0 Å². The topological polar surface area (TPSA) is 54.9 Å². The summed E-state index contributed by atoms with van der Waals surface area (Å²) < 4.78 is 11.6. The van der Waals surface area contributed by atoms with Crippen LogP contribution < -0.4 is 15.4 Å². The molecule has 1 aromatic carbocycles. The predicted molar refractivity (Wildman–Crippen MR) is 98.6 cm³/mol. The van der Waals surface area contributed by atoms with E-state index in [1.54, 1.807) is 0 Å². The lowest BCUT2D eigenvalue weighted by molar-refractivity contribution is 0.114. The van der Waals surface area contributed by atoms with Gasteiger partial charge in [-0.25, -0.2) is 4.99 Å². The molecule has 1 aliphatic heterocycles. The highest BCUT2D eigenvalue weighted by atomic mass is 16.5. The van der Waals surface area contributed by atoms with Crippen LogP contribution in [0.1, 0.15) is 39.2 Å². The average molecular weight is 333 g/mol. The molecule has 1 aliphatic rings. The normalized spacial score (nSPS) is 18.0. The lowest BCUT2D eigenvalue weighted by atomic mass is 10.2. The standard InChI is InChI=1S/C19H31N3O2/c1-4-20-19(22-13-17-9-7-11-23-17)21-12-16-8-5-6-10-18(16)24-14-15(2)3/h5-6,8,10,15,17H,4,7,9,11-14H2,1-3H3,(H2,20,21,22). The summed E-state index contributed by atoms with van der Waals surface area (Å²) in [7, 11) is 0. The Kier molecular flexibility index (Phi) is 7.89. The molecule has 2 N–H and O–H groups in total. The van der Waals surface area contributed by atoms with Gasteiger partial charge in [0.15, 0.2) is 5.96 Å². The van der Waals surface area contributed by atoms with Crippen LogP contribution >= 0.6 is 0 Å². The molecule has 1 unspecified atom stereocenters. The van der Waals surface area contributed by atoms with E-state index in [4.69, 9.17) is 14.5 Å². The van der Waals surface area contributed by atoms with Crippen LogP contribution in [-0.4, -0.2) is 38.4 Å². The molecular formula is C19H31N3O2. The van der Waals surface area contributed by atoms with Gasteiger partial charge in [-0.2, -0.15) is 0 Å². The average Bonchev–Trinajstić information content (AvgIpc) is 3.09. The first-order chi connectivity index (χ1) is 11.7. The van der Waals surface area contributed by atoms with Crippen molar-refractivity contribution in [2.75, 3.05) is 26.3 Å². The molecule has 0 radical (unpaired) electrons. The van der Waals surface area contributed by atoms with Gasteiger partial charge in [-0.3, -0.25) is 0 Å². The van der Waals surface area contributed by atoms with Crippen LogP contribution in [0.15, 0.2) is 29.3 Å². The van der Waals surface area contributed by atoms with E-state index >= 15 is 0 Å². The number of para-hydroxylation sites is 1. The molecule has 5 nitrogen and oxygen atoms in total. The Bertz CT molecular complexity index is 511. The van der Waals surface area contributed by atoms with Crippen molar-refractivity contribution in [3.8, 4) is 5.75 Å². The van der Waals surface area contributed by atoms with Gasteiger partial charge in [0, 0.05) is 25.3 Å². The predicted octanol–water partition coefficient (Wildman–Crippen LogP) is 2.96. The number of guanidine groups is 1. The second-order valence-corrected chi connectivity index (χ2v) is 6.52. The molecule has 1 heterocycles. The fourth-order valence-electron chi connectivity index (χ4n) is 2.55. The third-order valence-corrected chi connectivity index (χ3v) is 3.82. The summed E-state index contributed by atoms with van der Waals surface area (Å²) in [6.07, 6.45) is 2.58. The van der Waals surface area contributed by atoms with Gasteiger partial charge in [0.2, 0.25) is 0 Å². The third kappa shape index (κ3) is 6.40. The van der Waals surface area contributed by atoms with Crippen molar-refractivity contribution in [1.29, 1.82) is 0 Å². The molecule has 1 saturated heterocycles. The Morgan fingerprint density at radius 3 is 2.88 bits per heavy atom. The van der Waals surface area contributed by atoms with Gasteiger partial charge in [-0.05, 0) is 31.7 Å². The number of nitrogens with one attached hydrogen (secondary N) is 2. The van der Waals surface area contributed by atoms with Crippen molar-refractivity contribution in [3.05, 3.63) is 29.8 Å². The molecule has 0 saturated carbocycles. The highest BCUT2D eigenvalue weighted by Crippen LogP contribution is 2.19. The van der Waals surface area contributed by atoms with Gasteiger partial charge in [0.25, 0.3) is 0 Å². The second kappa shape index (κ2) is 10.2. The lowest BCUT2D eigenvalue weighted by Crippen LogP contribution is -2.41. The SMILES string of the molecule is CCNC(=NCc1ccccc1OCC(C)C)NCC1CCCO1. The molecule has 0 aromatic heterocycles. The molecule has 0 aliphatic carbocycles. The van der Waals surface area contributed by atoms with Crippen LogP contribution in [-0.2, 0) is 11.3 Å². The van der Waals surface area contributed by atoms with E-state index in [2.05, 4.69) is 37.5 Å². The van der Waals surface area contributed by atoms with E-state index in [1.807, 2.05) is 18.2 Å². The first-order valence-corrected chi connectivity index (χ1v) is 9.03. The Balaban J connectivity index is 1.94. The first-order valence-electron chi connectivity index (χ1n) is 9.03. The van der Waals surface area contributed by atoms with E-state index in [0.717, 1.165) is 56.4 Å². The van der Waals surface area contributed by atoms with Crippen molar-refractivity contribution in [1.82, 2.24) is 10.6 Å². The van der Waals surface area contributed by atoms with Crippen LogP contribution in [0.5, 0.6) is 5.75 Å².